The Morgan fingerprint density at radius 2 is 1.93 bits per heavy atom. The van der Waals surface area contributed by atoms with Crippen LogP contribution in [0, 0.1) is 20.8 Å². The third-order valence-electron chi connectivity index (χ3n) is 4.91. The van der Waals surface area contributed by atoms with Crippen LogP contribution in [0.3, 0.4) is 0 Å². The van der Waals surface area contributed by atoms with Gasteiger partial charge in [-0.05, 0) is 50.1 Å². The lowest BCUT2D eigenvalue weighted by Crippen LogP contribution is -2.19. The zero-order valence-electron chi connectivity index (χ0n) is 16.2. The molecule has 0 aliphatic heterocycles. The van der Waals surface area contributed by atoms with Crippen molar-refractivity contribution >= 4 is 22.6 Å². The number of benzene rings is 1. The summed E-state index contributed by atoms with van der Waals surface area (Å²) in [5.41, 5.74) is 3.89. The van der Waals surface area contributed by atoms with Crippen LogP contribution >= 0.6 is 0 Å². The highest BCUT2D eigenvalue weighted by molar-refractivity contribution is 5.93. The number of hydrogen-bond acceptors (Lipinski definition) is 4. The zero-order chi connectivity index (χ0) is 19.7. The molecule has 142 valence electrons. The summed E-state index contributed by atoms with van der Waals surface area (Å²) in [6.07, 6.45) is 1.93. The molecule has 0 spiro atoms. The number of hydrogen-bond donors (Lipinski definition) is 1. The molecule has 3 heterocycles. The van der Waals surface area contributed by atoms with E-state index in [1.54, 1.807) is 16.9 Å². The van der Waals surface area contributed by atoms with Crippen molar-refractivity contribution in [2.45, 2.75) is 33.7 Å². The average molecular weight is 374 g/mol. The van der Waals surface area contributed by atoms with Gasteiger partial charge in [0.05, 0.1) is 18.1 Å². The van der Waals surface area contributed by atoms with E-state index in [4.69, 9.17) is 4.42 Å². The Labute approximate surface area is 163 Å². The van der Waals surface area contributed by atoms with Crippen molar-refractivity contribution in [2.24, 2.45) is 0 Å². The van der Waals surface area contributed by atoms with Crippen LogP contribution in [0.15, 0.2) is 53.1 Å². The number of furan rings is 1. The summed E-state index contributed by atoms with van der Waals surface area (Å²) in [6, 6.07) is 13.6. The molecule has 4 aromatic rings. The van der Waals surface area contributed by atoms with Crippen LogP contribution in [0.25, 0.3) is 10.9 Å². The number of rotatable bonds is 5. The van der Waals surface area contributed by atoms with Gasteiger partial charge in [-0.3, -0.25) is 9.78 Å². The van der Waals surface area contributed by atoms with E-state index < -0.39 is 0 Å². The topological polar surface area (TPSA) is 73.0 Å². The van der Waals surface area contributed by atoms with E-state index in [0.717, 1.165) is 39.2 Å². The molecule has 0 bridgehead atoms. The minimum atomic E-state index is -0.0966. The van der Waals surface area contributed by atoms with Gasteiger partial charge in [-0.1, -0.05) is 18.2 Å². The van der Waals surface area contributed by atoms with Gasteiger partial charge in [-0.25, -0.2) is 4.68 Å². The Morgan fingerprint density at radius 3 is 2.71 bits per heavy atom. The van der Waals surface area contributed by atoms with E-state index in [-0.39, 0.29) is 12.3 Å². The lowest BCUT2D eigenvalue weighted by molar-refractivity contribution is -0.115. The van der Waals surface area contributed by atoms with Crippen molar-refractivity contribution in [1.82, 2.24) is 14.8 Å². The second kappa shape index (κ2) is 7.31. The summed E-state index contributed by atoms with van der Waals surface area (Å²) in [4.78, 5) is 17.4. The van der Waals surface area contributed by atoms with Crippen molar-refractivity contribution in [3.63, 3.8) is 0 Å². The highest BCUT2D eigenvalue weighted by atomic mass is 16.3. The summed E-state index contributed by atoms with van der Waals surface area (Å²) < 4.78 is 7.32. The molecule has 0 atom stereocenters. The first kappa shape index (κ1) is 18.0. The monoisotopic (exact) mass is 374 g/mol. The number of amides is 1. The number of aromatic nitrogens is 3. The van der Waals surface area contributed by atoms with E-state index in [9.17, 15) is 4.79 Å². The minimum absolute atomic E-state index is 0.0966. The molecule has 1 aromatic carbocycles. The fourth-order valence-corrected chi connectivity index (χ4v) is 3.46. The standard InChI is InChI=1S/C22H22N4O2/c1-14-8-9-17(28-14)13-26-21(10-11-23-26)25-22(27)12-19-15(2)18-6-4-5-7-20(18)24-16(19)3/h4-11H,12-13H2,1-3H3,(H,25,27). The zero-order valence-corrected chi connectivity index (χ0v) is 16.2. The maximum absolute atomic E-state index is 12.7. The Balaban J connectivity index is 1.53. The van der Waals surface area contributed by atoms with Gasteiger partial charge in [0.25, 0.3) is 0 Å². The molecular formula is C22H22N4O2. The first-order valence-electron chi connectivity index (χ1n) is 9.23. The molecule has 1 amide bonds. The number of carbonyl (C=O) groups excluding carboxylic acids is 1. The number of anilines is 1. The Bertz CT molecular complexity index is 1160. The van der Waals surface area contributed by atoms with Crippen molar-refractivity contribution in [3.05, 3.63) is 77.0 Å². The van der Waals surface area contributed by atoms with Gasteiger partial charge in [0, 0.05) is 17.1 Å². The molecule has 0 saturated heterocycles. The largest absolute Gasteiger partial charge is 0.464 e. The Morgan fingerprint density at radius 1 is 1.11 bits per heavy atom. The van der Waals surface area contributed by atoms with E-state index in [2.05, 4.69) is 15.4 Å². The number of carbonyl (C=O) groups is 1. The van der Waals surface area contributed by atoms with Crippen molar-refractivity contribution in [3.8, 4) is 0 Å². The van der Waals surface area contributed by atoms with Gasteiger partial charge in [-0.2, -0.15) is 5.10 Å². The third kappa shape index (κ3) is 3.53. The van der Waals surface area contributed by atoms with Gasteiger partial charge in [0.15, 0.2) is 0 Å². The molecular weight excluding hydrogens is 352 g/mol. The maximum Gasteiger partial charge on any atom is 0.230 e. The summed E-state index contributed by atoms with van der Waals surface area (Å²) in [6.45, 7) is 6.36. The predicted molar refractivity (Wildman–Crippen MR) is 108 cm³/mol. The van der Waals surface area contributed by atoms with Crippen molar-refractivity contribution in [1.29, 1.82) is 0 Å². The van der Waals surface area contributed by atoms with Gasteiger partial charge >= 0.3 is 0 Å². The minimum Gasteiger partial charge on any atom is -0.464 e. The number of fused-ring (bicyclic) bond motifs is 1. The number of nitrogens with one attached hydrogen (secondary N) is 1. The molecule has 6 nitrogen and oxygen atoms in total. The van der Waals surface area contributed by atoms with Crippen LogP contribution in [0.1, 0.15) is 28.3 Å². The summed E-state index contributed by atoms with van der Waals surface area (Å²) >= 11 is 0. The molecule has 4 rings (SSSR count). The fourth-order valence-electron chi connectivity index (χ4n) is 3.46. The molecule has 6 heteroatoms. The molecule has 3 aromatic heterocycles. The second-order valence-electron chi connectivity index (χ2n) is 6.93. The molecule has 28 heavy (non-hydrogen) atoms. The molecule has 0 aliphatic carbocycles. The molecule has 0 unspecified atom stereocenters. The van der Waals surface area contributed by atoms with Crippen LogP contribution < -0.4 is 5.32 Å². The van der Waals surface area contributed by atoms with Gasteiger partial charge in [0.1, 0.15) is 23.9 Å². The maximum atomic E-state index is 12.7. The van der Waals surface area contributed by atoms with Crippen LogP contribution in [0.5, 0.6) is 0 Å². The molecule has 0 aliphatic rings. The van der Waals surface area contributed by atoms with E-state index >= 15 is 0 Å². The quantitative estimate of drug-likeness (QED) is 0.569. The molecule has 0 saturated carbocycles. The number of pyridine rings is 1. The smallest absolute Gasteiger partial charge is 0.230 e. The third-order valence-corrected chi connectivity index (χ3v) is 4.91. The van der Waals surface area contributed by atoms with E-state index in [0.29, 0.717) is 12.4 Å². The van der Waals surface area contributed by atoms with Crippen LogP contribution in [-0.2, 0) is 17.8 Å². The predicted octanol–water partition coefficient (Wildman–Crippen LogP) is 4.18. The van der Waals surface area contributed by atoms with Gasteiger partial charge in [0.2, 0.25) is 5.91 Å². The number of para-hydroxylation sites is 1. The van der Waals surface area contributed by atoms with E-state index in [1.165, 1.54) is 0 Å². The first-order valence-corrected chi connectivity index (χ1v) is 9.23. The number of nitrogens with zero attached hydrogens (tertiary/aromatic N) is 3. The molecule has 1 N–H and O–H groups in total. The number of aryl methyl sites for hydroxylation is 3. The van der Waals surface area contributed by atoms with Crippen molar-refractivity contribution in [2.75, 3.05) is 5.32 Å². The van der Waals surface area contributed by atoms with E-state index in [1.807, 2.05) is 57.2 Å². The highest BCUT2D eigenvalue weighted by Gasteiger charge is 2.15. The fraction of sp³-hybridized carbons (Fsp3) is 0.227. The second-order valence-corrected chi connectivity index (χ2v) is 6.93. The average Bonchev–Trinajstić information content (AvgIpc) is 3.28. The molecule has 0 fully saturated rings. The van der Waals surface area contributed by atoms with Gasteiger partial charge < -0.3 is 9.73 Å². The van der Waals surface area contributed by atoms with Crippen molar-refractivity contribution < 1.29 is 9.21 Å². The van der Waals surface area contributed by atoms with Crippen LogP contribution in [0.2, 0.25) is 0 Å². The van der Waals surface area contributed by atoms with Crippen LogP contribution in [-0.4, -0.2) is 20.7 Å². The summed E-state index contributed by atoms with van der Waals surface area (Å²) in [5, 5.41) is 8.33. The lowest BCUT2D eigenvalue weighted by atomic mass is 9.99. The van der Waals surface area contributed by atoms with Gasteiger partial charge in [-0.15, -0.1) is 0 Å². The highest BCUT2D eigenvalue weighted by Crippen LogP contribution is 2.23. The summed E-state index contributed by atoms with van der Waals surface area (Å²) in [7, 11) is 0. The Hall–Kier alpha value is -3.41. The Kier molecular flexibility index (Phi) is 4.69. The lowest BCUT2D eigenvalue weighted by Gasteiger charge is -2.13. The first-order chi connectivity index (χ1) is 13.5. The SMILES string of the molecule is Cc1ccc(Cn2nccc2NC(=O)Cc2c(C)nc3ccccc3c2C)o1. The van der Waals surface area contributed by atoms with Crippen LogP contribution in [0.4, 0.5) is 5.82 Å². The summed E-state index contributed by atoms with van der Waals surface area (Å²) in [5.74, 6) is 2.19. The normalized spacial score (nSPS) is 11.1. The molecule has 0 radical (unpaired) electrons.